The second-order valence-corrected chi connectivity index (χ2v) is 7.22. The van der Waals surface area contributed by atoms with Gasteiger partial charge in [-0.05, 0) is 16.5 Å². The van der Waals surface area contributed by atoms with Crippen molar-refractivity contribution >= 4 is 6.09 Å². The van der Waals surface area contributed by atoms with E-state index in [4.69, 9.17) is 4.74 Å². The zero-order chi connectivity index (χ0) is 17.3. The summed E-state index contributed by atoms with van der Waals surface area (Å²) in [4.78, 5) is 12.2. The van der Waals surface area contributed by atoms with Crippen molar-refractivity contribution in [3.05, 3.63) is 59.7 Å². The highest BCUT2D eigenvalue weighted by Gasteiger charge is 2.31. The lowest BCUT2D eigenvalue weighted by molar-refractivity contribution is 0.0572. The van der Waals surface area contributed by atoms with E-state index in [0.29, 0.717) is 0 Å². The minimum Gasteiger partial charge on any atom is -0.436 e. The molecule has 24 heavy (non-hydrogen) atoms. The molecule has 0 radical (unpaired) electrons. The Balaban J connectivity index is 1.75. The topological polar surface area (TPSA) is 58.6 Å². The van der Waals surface area contributed by atoms with Gasteiger partial charge < -0.3 is 15.2 Å². The van der Waals surface area contributed by atoms with Gasteiger partial charge in [0.05, 0.1) is 6.10 Å². The van der Waals surface area contributed by atoms with E-state index < -0.39 is 18.3 Å². The summed E-state index contributed by atoms with van der Waals surface area (Å²) in [5.74, 6) is 0. The molecule has 0 aliphatic heterocycles. The number of benzene rings is 2. The first kappa shape index (κ1) is 16.5. The lowest BCUT2D eigenvalue weighted by atomic mass is 9.89. The van der Waals surface area contributed by atoms with Gasteiger partial charge in [-0.2, -0.15) is 0 Å². The van der Waals surface area contributed by atoms with Gasteiger partial charge in [-0.3, -0.25) is 0 Å². The maximum atomic E-state index is 12.2. The second kappa shape index (κ2) is 6.29. The smallest absolute Gasteiger partial charge is 0.408 e. The van der Waals surface area contributed by atoms with Gasteiger partial charge in [0.25, 0.3) is 0 Å². The predicted molar refractivity (Wildman–Crippen MR) is 93.7 cm³/mol. The number of hydrogen-bond donors (Lipinski definition) is 2. The van der Waals surface area contributed by atoms with Crippen LogP contribution in [0.4, 0.5) is 4.79 Å². The standard InChI is InChI=1S/C20H23NO3/c1-20(2,3)17(22)12-21-19(23)24-18-15-10-6-4-8-13(15)14-9-5-7-11-16(14)18/h4-11,17-18,22H,12H2,1-3H3,(H,21,23)/t17-/m1/s1. The third-order valence-corrected chi connectivity index (χ3v) is 4.44. The first-order chi connectivity index (χ1) is 11.4. The molecule has 1 atom stereocenters. The van der Waals surface area contributed by atoms with E-state index in [-0.39, 0.29) is 12.0 Å². The van der Waals surface area contributed by atoms with Crippen LogP contribution >= 0.6 is 0 Å². The van der Waals surface area contributed by atoms with Crippen molar-refractivity contribution in [3.63, 3.8) is 0 Å². The summed E-state index contributed by atoms with van der Waals surface area (Å²) >= 11 is 0. The number of rotatable bonds is 3. The van der Waals surface area contributed by atoms with E-state index in [1.54, 1.807) is 0 Å². The van der Waals surface area contributed by atoms with E-state index in [1.807, 2.05) is 69.3 Å². The van der Waals surface area contributed by atoms with Crippen LogP contribution in [0.5, 0.6) is 0 Å². The number of hydrogen-bond acceptors (Lipinski definition) is 3. The molecule has 0 unspecified atom stereocenters. The number of ether oxygens (including phenoxy) is 1. The molecule has 1 aliphatic carbocycles. The van der Waals surface area contributed by atoms with Crippen LogP contribution in [0.3, 0.4) is 0 Å². The van der Waals surface area contributed by atoms with Crippen LogP contribution in [0.1, 0.15) is 38.0 Å². The molecule has 0 heterocycles. The van der Waals surface area contributed by atoms with E-state index in [9.17, 15) is 9.90 Å². The van der Waals surface area contributed by atoms with Crippen molar-refractivity contribution in [1.29, 1.82) is 0 Å². The summed E-state index contributed by atoms with van der Waals surface area (Å²) in [6, 6.07) is 15.9. The number of amides is 1. The Hall–Kier alpha value is -2.33. The summed E-state index contributed by atoms with van der Waals surface area (Å²) < 4.78 is 5.67. The van der Waals surface area contributed by atoms with Crippen molar-refractivity contribution in [2.75, 3.05) is 6.54 Å². The highest BCUT2D eigenvalue weighted by atomic mass is 16.6. The van der Waals surface area contributed by atoms with Crippen molar-refractivity contribution in [2.45, 2.75) is 33.0 Å². The lowest BCUT2D eigenvalue weighted by Gasteiger charge is -2.26. The van der Waals surface area contributed by atoms with Crippen LogP contribution in [0.25, 0.3) is 11.1 Å². The minimum absolute atomic E-state index is 0.165. The molecular formula is C20H23NO3. The highest BCUT2D eigenvalue weighted by Crippen LogP contribution is 2.44. The third kappa shape index (κ3) is 3.15. The molecule has 3 rings (SSSR count). The average molecular weight is 325 g/mol. The summed E-state index contributed by atoms with van der Waals surface area (Å²) in [6.07, 6.45) is -1.56. The van der Waals surface area contributed by atoms with E-state index in [2.05, 4.69) is 5.32 Å². The molecule has 1 amide bonds. The Labute approximate surface area is 142 Å². The van der Waals surface area contributed by atoms with Crippen LogP contribution in [-0.2, 0) is 4.74 Å². The molecule has 4 heteroatoms. The van der Waals surface area contributed by atoms with Gasteiger partial charge in [0.2, 0.25) is 0 Å². The largest absolute Gasteiger partial charge is 0.436 e. The van der Waals surface area contributed by atoms with Crippen LogP contribution < -0.4 is 5.32 Å². The number of alkyl carbamates (subject to hydrolysis) is 1. The Bertz CT molecular complexity index is 703. The van der Waals surface area contributed by atoms with Crippen molar-refractivity contribution in [1.82, 2.24) is 5.32 Å². The van der Waals surface area contributed by atoms with Gasteiger partial charge in [0.1, 0.15) is 0 Å². The van der Waals surface area contributed by atoms with E-state index in [0.717, 1.165) is 22.3 Å². The van der Waals surface area contributed by atoms with Gasteiger partial charge in [-0.25, -0.2) is 4.79 Å². The Morgan fingerprint density at radius 2 is 1.58 bits per heavy atom. The van der Waals surface area contributed by atoms with Crippen LogP contribution in [0, 0.1) is 5.41 Å². The van der Waals surface area contributed by atoms with E-state index in [1.165, 1.54) is 0 Å². The molecule has 0 aromatic heterocycles. The molecule has 2 aromatic carbocycles. The fourth-order valence-electron chi connectivity index (χ4n) is 2.87. The SMILES string of the molecule is CC(C)(C)[C@H](O)CNC(=O)OC1c2ccccc2-c2ccccc21. The molecule has 1 aliphatic rings. The first-order valence-corrected chi connectivity index (χ1v) is 8.18. The second-order valence-electron chi connectivity index (χ2n) is 7.22. The Morgan fingerprint density at radius 3 is 2.08 bits per heavy atom. The van der Waals surface area contributed by atoms with Gasteiger partial charge in [-0.1, -0.05) is 69.3 Å². The number of aliphatic hydroxyl groups is 1. The normalized spacial score (nSPS) is 14.7. The Kier molecular flexibility index (Phi) is 4.33. The molecule has 2 N–H and O–H groups in total. The van der Waals surface area contributed by atoms with Gasteiger partial charge in [0.15, 0.2) is 6.10 Å². The number of fused-ring (bicyclic) bond motifs is 3. The van der Waals surface area contributed by atoms with Crippen LogP contribution in [0.15, 0.2) is 48.5 Å². The summed E-state index contributed by atoms with van der Waals surface area (Å²) in [5, 5.41) is 12.7. The fourth-order valence-corrected chi connectivity index (χ4v) is 2.87. The summed E-state index contributed by atoms with van der Waals surface area (Å²) in [6.45, 7) is 5.94. The van der Waals surface area contributed by atoms with Crippen molar-refractivity contribution in [2.24, 2.45) is 5.41 Å². The molecule has 0 spiro atoms. The van der Waals surface area contributed by atoms with E-state index >= 15 is 0 Å². The van der Waals surface area contributed by atoms with Crippen LogP contribution in [0.2, 0.25) is 0 Å². The molecule has 0 fully saturated rings. The molecule has 0 bridgehead atoms. The van der Waals surface area contributed by atoms with Crippen molar-refractivity contribution < 1.29 is 14.6 Å². The zero-order valence-electron chi connectivity index (χ0n) is 14.2. The van der Waals surface area contributed by atoms with Gasteiger partial charge >= 0.3 is 6.09 Å². The number of carbonyl (C=O) groups excluding carboxylic acids is 1. The van der Waals surface area contributed by atoms with Crippen LogP contribution in [-0.4, -0.2) is 23.8 Å². The molecule has 0 saturated heterocycles. The number of carbonyl (C=O) groups is 1. The quantitative estimate of drug-likeness (QED) is 0.900. The summed E-state index contributed by atoms with van der Waals surface area (Å²) in [5.41, 5.74) is 3.89. The maximum absolute atomic E-state index is 12.2. The third-order valence-electron chi connectivity index (χ3n) is 4.44. The molecule has 126 valence electrons. The average Bonchev–Trinajstić information content (AvgIpc) is 2.86. The number of nitrogens with one attached hydrogen (secondary N) is 1. The summed E-state index contributed by atoms with van der Waals surface area (Å²) in [7, 11) is 0. The molecule has 2 aromatic rings. The highest BCUT2D eigenvalue weighted by molar-refractivity contribution is 5.79. The van der Waals surface area contributed by atoms with Crippen molar-refractivity contribution in [3.8, 4) is 11.1 Å². The molecule has 4 nitrogen and oxygen atoms in total. The van der Waals surface area contributed by atoms with Gasteiger partial charge in [-0.15, -0.1) is 0 Å². The Morgan fingerprint density at radius 1 is 1.08 bits per heavy atom. The maximum Gasteiger partial charge on any atom is 0.408 e. The fraction of sp³-hybridized carbons (Fsp3) is 0.350. The number of aliphatic hydroxyl groups excluding tert-OH is 1. The molecular weight excluding hydrogens is 302 g/mol. The zero-order valence-corrected chi connectivity index (χ0v) is 14.2. The molecule has 0 saturated carbocycles. The lowest BCUT2D eigenvalue weighted by Crippen LogP contribution is -2.39. The minimum atomic E-state index is -0.631. The van der Waals surface area contributed by atoms with Gasteiger partial charge in [0, 0.05) is 17.7 Å². The monoisotopic (exact) mass is 325 g/mol. The first-order valence-electron chi connectivity index (χ1n) is 8.18. The predicted octanol–water partition coefficient (Wildman–Crippen LogP) is 3.89.